The number of para-hydroxylation sites is 1. The van der Waals surface area contributed by atoms with Crippen molar-refractivity contribution in [3.05, 3.63) is 125 Å². The van der Waals surface area contributed by atoms with Crippen molar-refractivity contribution in [3.63, 3.8) is 0 Å². The predicted molar refractivity (Wildman–Crippen MR) is 144 cm³/mol. The summed E-state index contributed by atoms with van der Waals surface area (Å²) in [5.74, 6) is 0.160. The van der Waals surface area contributed by atoms with Crippen LogP contribution in [0.25, 0.3) is 0 Å². The summed E-state index contributed by atoms with van der Waals surface area (Å²) in [7, 11) is -4.08. The molecule has 0 bridgehead atoms. The van der Waals surface area contributed by atoms with Gasteiger partial charge in [-0.3, -0.25) is 4.79 Å². The molecule has 4 aromatic carbocycles. The van der Waals surface area contributed by atoms with Gasteiger partial charge in [0.25, 0.3) is 5.91 Å². The largest absolute Gasteiger partial charge is 0.457 e. The molecule has 10 heteroatoms. The van der Waals surface area contributed by atoms with Gasteiger partial charge in [-0.1, -0.05) is 54.1 Å². The van der Waals surface area contributed by atoms with Crippen molar-refractivity contribution < 1.29 is 22.3 Å². The van der Waals surface area contributed by atoms with Gasteiger partial charge in [0.1, 0.15) is 17.3 Å². The number of halogens is 2. The highest BCUT2D eigenvalue weighted by Gasteiger charge is 2.27. The average Bonchev–Trinajstić information content (AvgIpc) is 2.90. The number of hydrazone groups is 1. The summed E-state index contributed by atoms with van der Waals surface area (Å²) in [5.41, 5.74) is 3.53. The van der Waals surface area contributed by atoms with Crippen molar-refractivity contribution in [2.45, 2.75) is 11.4 Å². The molecule has 0 aromatic heterocycles. The van der Waals surface area contributed by atoms with Gasteiger partial charge < -0.3 is 4.74 Å². The van der Waals surface area contributed by atoms with E-state index in [4.69, 9.17) is 16.3 Å². The predicted octanol–water partition coefficient (Wildman–Crippen LogP) is 5.61. The number of hydrogen-bond donors (Lipinski definition) is 1. The van der Waals surface area contributed by atoms with Crippen molar-refractivity contribution in [2.24, 2.45) is 5.10 Å². The highest BCUT2D eigenvalue weighted by atomic mass is 35.5. The number of benzene rings is 4. The van der Waals surface area contributed by atoms with Crippen LogP contribution in [0, 0.1) is 5.82 Å². The number of nitrogens with zero attached hydrogens (tertiary/aromatic N) is 2. The SMILES string of the molecule is O=C(CN(Cc1ccc(F)cc1)S(=O)(=O)c1ccc(Cl)cc1)N/N=C\c1cccc(Oc2ccccc2)c1. The molecule has 0 unspecified atom stereocenters. The van der Waals surface area contributed by atoms with Gasteiger partial charge in [-0.15, -0.1) is 0 Å². The summed E-state index contributed by atoms with van der Waals surface area (Å²) in [6.07, 6.45) is 1.42. The van der Waals surface area contributed by atoms with Gasteiger partial charge in [0, 0.05) is 11.6 Å². The minimum Gasteiger partial charge on any atom is -0.457 e. The first kappa shape index (κ1) is 27.0. The smallest absolute Gasteiger partial charge is 0.255 e. The maximum atomic E-state index is 13.4. The fourth-order valence-corrected chi connectivity index (χ4v) is 4.94. The first-order valence-corrected chi connectivity index (χ1v) is 13.3. The van der Waals surface area contributed by atoms with E-state index in [0.717, 1.165) is 4.31 Å². The van der Waals surface area contributed by atoms with E-state index in [1.807, 2.05) is 30.3 Å². The minimum atomic E-state index is -4.08. The fraction of sp³-hybridized carbons (Fsp3) is 0.0714. The Bertz CT molecular complexity index is 1510. The molecule has 0 aliphatic heterocycles. The quantitative estimate of drug-likeness (QED) is 0.205. The molecule has 0 aliphatic rings. The van der Waals surface area contributed by atoms with E-state index < -0.39 is 28.3 Å². The van der Waals surface area contributed by atoms with Crippen LogP contribution in [0.15, 0.2) is 113 Å². The molecule has 0 saturated carbocycles. The summed E-state index contributed by atoms with van der Waals surface area (Å²) in [6.45, 7) is -0.669. The van der Waals surface area contributed by atoms with Gasteiger partial charge in [-0.2, -0.15) is 9.41 Å². The van der Waals surface area contributed by atoms with Gasteiger partial charge in [0.05, 0.1) is 17.7 Å². The van der Waals surface area contributed by atoms with Crippen LogP contribution in [0.4, 0.5) is 4.39 Å². The fourth-order valence-electron chi connectivity index (χ4n) is 3.43. The Morgan fingerprint density at radius 1 is 0.921 bits per heavy atom. The molecule has 7 nitrogen and oxygen atoms in total. The van der Waals surface area contributed by atoms with E-state index >= 15 is 0 Å². The molecule has 194 valence electrons. The molecular formula is C28H23ClFN3O4S. The Labute approximate surface area is 225 Å². The lowest BCUT2D eigenvalue weighted by molar-refractivity contribution is -0.121. The Hall–Kier alpha value is -4.05. The lowest BCUT2D eigenvalue weighted by Crippen LogP contribution is -2.39. The monoisotopic (exact) mass is 551 g/mol. The number of ether oxygens (including phenoxy) is 1. The second-order valence-electron chi connectivity index (χ2n) is 8.13. The number of sulfonamides is 1. The van der Waals surface area contributed by atoms with Crippen LogP contribution in [0.5, 0.6) is 11.5 Å². The lowest BCUT2D eigenvalue weighted by Gasteiger charge is -2.21. The van der Waals surface area contributed by atoms with Crippen molar-refractivity contribution >= 4 is 33.7 Å². The summed E-state index contributed by atoms with van der Waals surface area (Å²) in [6, 6.07) is 27.3. The van der Waals surface area contributed by atoms with Crippen LogP contribution in [-0.4, -0.2) is 31.4 Å². The van der Waals surface area contributed by atoms with E-state index in [-0.39, 0.29) is 11.4 Å². The second-order valence-corrected chi connectivity index (χ2v) is 10.5. The van der Waals surface area contributed by atoms with Gasteiger partial charge in [0.15, 0.2) is 0 Å². The van der Waals surface area contributed by atoms with Gasteiger partial charge in [-0.05, 0) is 71.8 Å². The third-order valence-corrected chi connectivity index (χ3v) is 7.34. The van der Waals surface area contributed by atoms with Crippen LogP contribution in [0.1, 0.15) is 11.1 Å². The number of rotatable bonds is 10. The van der Waals surface area contributed by atoms with Crippen LogP contribution < -0.4 is 10.2 Å². The van der Waals surface area contributed by atoms with Gasteiger partial charge in [0.2, 0.25) is 10.0 Å². The number of nitrogens with one attached hydrogen (secondary N) is 1. The Kier molecular flexibility index (Phi) is 8.85. The molecule has 0 aliphatic carbocycles. The van der Waals surface area contributed by atoms with Crippen molar-refractivity contribution in [1.29, 1.82) is 0 Å². The van der Waals surface area contributed by atoms with E-state index in [1.54, 1.807) is 24.3 Å². The second kappa shape index (κ2) is 12.5. The molecule has 0 spiro atoms. The van der Waals surface area contributed by atoms with Crippen LogP contribution in [0.2, 0.25) is 5.02 Å². The maximum absolute atomic E-state index is 13.4. The topological polar surface area (TPSA) is 88.1 Å². The maximum Gasteiger partial charge on any atom is 0.255 e. The van der Waals surface area contributed by atoms with Gasteiger partial charge >= 0.3 is 0 Å². The molecule has 0 atom stereocenters. The third-order valence-electron chi connectivity index (χ3n) is 5.28. The van der Waals surface area contributed by atoms with Crippen molar-refractivity contribution in [2.75, 3.05) is 6.54 Å². The molecule has 0 heterocycles. The van der Waals surface area contributed by atoms with E-state index in [0.29, 0.717) is 27.6 Å². The zero-order valence-corrected chi connectivity index (χ0v) is 21.6. The molecular weight excluding hydrogens is 529 g/mol. The molecule has 38 heavy (non-hydrogen) atoms. The summed E-state index contributed by atoms with van der Waals surface area (Å²) in [5, 5.41) is 4.33. The van der Waals surface area contributed by atoms with Gasteiger partial charge in [-0.25, -0.2) is 18.2 Å². The van der Waals surface area contributed by atoms with E-state index in [9.17, 15) is 17.6 Å². The molecule has 1 amide bonds. The zero-order chi connectivity index (χ0) is 27.0. The summed E-state index contributed by atoms with van der Waals surface area (Å²) < 4.78 is 46.8. The molecule has 4 rings (SSSR count). The molecule has 0 fully saturated rings. The normalized spacial score (nSPS) is 11.6. The van der Waals surface area contributed by atoms with Crippen molar-refractivity contribution in [1.82, 2.24) is 9.73 Å². The van der Waals surface area contributed by atoms with Crippen LogP contribution >= 0.6 is 11.6 Å². The number of amides is 1. The minimum absolute atomic E-state index is 0.0319. The Balaban J connectivity index is 1.45. The Morgan fingerprint density at radius 2 is 1.61 bits per heavy atom. The standard InChI is InChI=1S/C28H23ClFN3O4S/c29-23-11-15-27(16-12-23)38(35,36)33(19-21-9-13-24(30)14-10-21)20-28(34)32-31-18-22-5-4-8-26(17-22)37-25-6-2-1-3-7-25/h1-18H,19-20H2,(H,32,34)/b31-18-. The first-order chi connectivity index (χ1) is 18.3. The summed E-state index contributed by atoms with van der Waals surface area (Å²) in [4.78, 5) is 12.7. The number of carbonyl (C=O) groups is 1. The third kappa shape index (κ3) is 7.48. The highest BCUT2D eigenvalue weighted by molar-refractivity contribution is 7.89. The average molecular weight is 552 g/mol. The molecule has 1 N–H and O–H groups in total. The highest BCUT2D eigenvalue weighted by Crippen LogP contribution is 2.22. The van der Waals surface area contributed by atoms with E-state index in [1.165, 1.54) is 54.7 Å². The first-order valence-electron chi connectivity index (χ1n) is 11.4. The summed E-state index contributed by atoms with van der Waals surface area (Å²) >= 11 is 5.90. The zero-order valence-electron chi connectivity index (χ0n) is 20.0. The van der Waals surface area contributed by atoms with Crippen LogP contribution in [-0.2, 0) is 21.4 Å². The molecule has 0 radical (unpaired) electrons. The molecule has 0 saturated heterocycles. The van der Waals surface area contributed by atoms with E-state index in [2.05, 4.69) is 10.5 Å². The number of carbonyl (C=O) groups excluding carboxylic acids is 1. The number of hydrogen-bond acceptors (Lipinski definition) is 5. The Morgan fingerprint density at radius 3 is 2.32 bits per heavy atom. The van der Waals surface area contributed by atoms with Crippen LogP contribution in [0.3, 0.4) is 0 Å². The molecule has 4 aromatic rings. The van der Waals surface area contributed by atoms with Crippen molar-refractivity contribution in [3.8, 4) is 11.5 Å². The lowest BCUT2D eigenvalue weighted by atomic mass is 10.2.